The maximum atomic E-state index is 14.6. The Morgan fingerprint density at radius 1 is 1.15 bits per heavy atom. The van der Waals surface area contributed by atoms with E-state index in [2.05, 4.69) is 5.32 Å². The summed E-state index contributed by atoms with van der Waals surface area (Å²) < 4.78 is 21.3. The molecule has 4 N–H and O–H groups in total. The van der Waals surface area contributed by atoms with Crippen LogP contribution in [-0.4, -0.2) is 65.7 Å². The Kier molecular flexibility index (Phi) is 9.49. The monoisotopic (exact) mass is 554 g/mol. The molecule has 1 aliphatic carbocycles. The average molecular weight is 555 g/mol. The highest BCUT2D eigenvalue weighted by Gasteiger charge is 2.48. The second-order valence-electron chi connectivity index (χ2n) is 10.0. The van der Waals surface area contributed by atoms with Crippen LogP contribution in [0.5, 0.6) is 0 Å². The highest BCUT2D eigenvalue weighted by Crippen LogP contribution is 2.38. The summed E-state index contributed by atoms with van der Waals surface area (Å²) in [4.78, 5) is 47.8. The summed E-state index contributed by atoms with van der Waals surface area (Å²) in [5.41, 5.74) is 5.16. The van der Waals surface area contributed by atoms with Gasteiger partial charge in [0, 0.05) is 50.2 Å². The van der Waals surface area contributed by atoms with Crippen molar-refractivity contribution in [1.82, 2.24) is 9.88 Å². The zero-order valence-corrected chi connectivity index (χ0v) is 22.5. The van der Waals surface area contributed by atoms with Gasteiger partial charge in [-0.1, -0.05) is 24.3 Å². The van der Waals surface area contributed by atoms with E-state index in [1.807, 2.05) is 40.7 Å². The largest absolute Gasteiger partial charge is 0.477 e. The van der Waals surface area contributed by atoms with Crippen molar-refractivity contribution in [2.75, 3.05) is 31.1 Å². The molecule has 3 heterocycles. The minimum Gasteiger partial charge on any atom is -0.477 e. The van der Waals surface area contributed by atoms with Crippen LogP contribution in [0.4, 0.5) is 10.1 Å². The Hall–Kier alpha value is -3.83. The highest BCUT2D eigenvalue weighted by molar-refractivity contribution is 5.95. The molecule has 2 aromatic rings. The third kappa shape index (κ3) is 7.02. The first-order valence-corrected chi connectivity index (χ1v) is 13.5. The van der Waals surface area contributed by atoms with E-state index < -0.39 is 35.3 Å². The number of halogens is 1. The van der Waals surface area contributed by atoms with E-state index >= 15 is 0 Å². The summed E-state index contributed by atoms with van der Waals surface area (Å²) in [6.45, 7) is 4.92. The molecule has 1 amide bonds. The van der Waals surface area contributed by atoms with Crippen LogP contribution >= 0.6 is 0 Å². The van der Waals surface area contributed by atoms with Crippen LogP contribution in [0.1, 0.15) is 55.4 Å². The van der Waals surface area contributed by atoms with Gasteiger partial charge in [-0.25, -0.2) is 9.18 Å². The molecule has 0 unspecified atom stereocenters. The van der Waals surface area contributed by atoms with Gasteiger partial charge in [0.25, 0.3) is 0 Å². The molecule has 40 heavy (non-hydrogen) atoms. The zero-order valence-electron chi connectivity index (χ0n) is 22.5. The first-order valence-electron chi connectivity index (χ1n) is 13.5. The van der Waals surface area contributed by atoms with Gasteiger partial charge in [0.15, 0.2) is 18.0 Å². The lowest BCUT2D eigenvalue weighted by Gasteiger charge is -2.30. The quantitative estimate of drug-likeness (QED) is 0.300. The standard InChI is InChI=1S/C17H18FN3O3.C12H17NO3/c18-13-7-11-14(8-15(13)20-5-3-19-4-6-20)21(10-1-2-10)9-12(16(11)22)17(23)24;1-2-3-4-5-6-7-8-9(14)10-11(16-10)12(13)15/h7-10,19H,1-6H2,(H,23,24);2-3,5-6,10-11H,4,7-8H2,1H3,(H2,13,15)/b;3-2+,6-5+/t;10-,11-/m.1/s1. The van der Waals surface area contributed by atoms with Crippen LogP contribution in [0.15, 0.2) is 47.4 Å². The number of nitrogens with two attached hydrogens (primary N) is 1. The molecule has 11 heteroatoms. The molecule has 0 bridgehead atoms. The fourth-order valence-corrected chi connectivity index (χ4v) is 4.68. The number of epoxide rings is 1. The molecule has 2 atom stereocenters. The number of rotatable bonds is 10. The number of hydrogen-bond donors (Lipinski definition) is 3. The number of hydrogen-bond acceptors (Lipinski definition) is 7. The molecule has 1 aromatic carbocycles. The SMILES string of the molecule is C/C=C/C/C=C/CCC(=O)[C@H]1O[C@H]1C(N)=O.O=C(O)c1cn(C2CC2)c2cc(N3CCNCC3)c(F)cc2c1=O. The van der Waals surface area contributed by atoms with Gasteiger partial charge < -0.3 is 30.4 Å². The number of Topliss-reactive ketones (excluding diaryl/α,β-unsaturated/α-hetero) is 1. The molecule has 1 saturated carbocycles. The number of nitrogens with zero attached hydrogens (tertiary/aromatic N) is 2. The van der Waals surface area contributed by atoms with E-state index in [-0.39, 0.29) is 22.8 Å². The molecular formula is C29H35FN4O6. The Balaban J connectivity index is 0.000000202. The average Bonchev–Trinajstić information content (AvgIpc) is 3.85. The van der Waals surface area contributed by atoms with Gasteiger partial charge >= 0.3 is 5.97 Å². The lowest BCUT2D eigenvalue weighted by Crippen LogP contribution is -2.43. The maximum absolute atomic E-state index is 14.6. The van der Waals surface area contributed by atoms with Crippen molar-refractivity contribution in [2.45, 2.75) is 57.3 Å². The molecule has 5 rings (SSSR count). The van der Waals surface area contributed by atoms with E-state index in [0.29, 0.717) is 37.1 Å². The molecular weight excluding hydrogens is 519 g/mol. The summed E-state index contributed by atoms with van der Waals surface area (Å²) in [6.07, 6.45) is 12.0. The summed E-state index contributed by atoms with van der Waals surface area (Å²) in [7, 11) is 0. The highest BCUT2D eigenvalue weighted by atomic mass is 19.1. The molecule has 3 aliphatic rings. The van der Waals surface area contributed by atoms with Crippen LogP contribution in [0.25, 0.3) is 10.9 Å². The predicted octanol–water partition coefficient (Wildman–Crippen LogP) is 2.69. The van der Waals surface area contributed by atoms with E-state index in [1.54, 1.807) is 6.07 Å². The van der Waals surface area contributed by atoms with Crippen LogP contribution in [0.2, 0.25) is 0 Å². The number of aromatic carboxylic acids is 1. The molecule has 1 aromatic heterocycles. The minimum atomic E-state index is -1.28. The topological polar surface area (TPSA) is 147 Å². The number of amides is 1. The Morgan fingerprint density at radius 2 is 1.88 bits per heavy atom. The van der Waals surface area contributed by atoms with Gasteiger partial charge in [0.1, 0.15) is 11.4 Å². The van der Waals surface area contributed by atoms with E-state index in [9.17, 15) is 28.7 Å². The third-order valence-electron chi connectivity index (χ3n) is 7.05. The van der Waals surface area contributed by atoms with Crippen LogP contribution < -0.4 is 21.4 Å². The number of pyridine rings is 1. The zero-order chi connectivity index (χ0) is 28.8. The summed E-state index contributed by atoms with van der Waals surface area (Å²) in [6, 6.07) is 3.08. The number of piperazine rings is 1. The fourth-order valence-electron chi connectivity index (χ4n) is 4.68. The maximum Gasteiger partial charge on any atom is 0.341 e. The van der Waals surface area contributed by atoms with Crippen LogP contribution in [-0.2, 0) is 14.3 Å². The van der Waals surface area contributed by atoms with Crippen LogP contribution in [0, 0.1) is 5.82 Å². The number of ether oxygens (including phenoxy) is 1. The summed E-state index contributed by atoms with van der Waals surface area (Å²) in [5.74, 6) is -2.35. The van der Waals surface area contributed by atoms with Crippen molar-refractivity contribution < 1.29 is 28.6 Å². The number of carboxylic acid groups (broad SMARTS) is 1. The molecule has 3 fully saturated rings. The van der Waals surface area contributed by atoms with Crippen molar-refractivity contribution in [3.8, 4) is 0 Å². The Morgan fingerprint density at radius 3 is 2.48 bits per heavy atom. The number of aromatic nitrogens is 1. The number of ketones is 1. The van der Waals surface area contributed by atoms with Crippen molar-refractivity contribution in [3.05, 3.63) is 64.2 Å². The number of primary amides is 1. The molecule has 10 nitrogen and oxygen atoms in total. The van der Waals surface area contributed by atoms with E-state index in [4.69, 9.17) is 10.5 Å². The first-order chi connectivity index (χ1) is 19.2. The van der Waals surface area contributed by atoms with E-state index in [0.717, 1.165) is 32.4 Å². The van der Waals surface area contributed by atoms with Gasteiger partial charge in [-0.3, -0.25) is 14.4 Å². The Bertz CT molecular complexity index is 1390. The number of nitrogens with one attached hydrogen (secondary N) is 1. The van der Waals surface area contributed by atoms with Gasteiger partial charge in [-0.15, -0.1) is 0 Å². The van der Waals surface area contributed by atoms with Crippen molar-refractivity contribution in [1.29, 1.82) is 0 Å². The van der Waals surface area contributed by atoms with Gasteiger partial charge in [-0.05, 0) is 44.7 Å². The second-order valence-corrected chi connectivity index (χ2v) is 10.0. The van der Waals surface area contributed by atoms with Crippen LogP contribution in [0.3, 0.4) is 0 Å². The van der Waals surface area contributed by atoms with Crippen molar-refractivity contribution in [3.63, 3.8) is 0 Å². The molecule has 0 radical (unpaired) electrons. The third-order valence-corrected chi connectivity index (χ3v) is 7.05. The molecule has 2 saturated heterocycles. The number of benzene rings is 1. The normalized spacial score (nSPS) is 20.5. The minimum absolute atomic E-state index is 0.0421. The van der Waals surface area contributed by atoms with Gasteiger partial charge in [-0.2, -0.15) is 0 Å². The summed E-state index contributed by atoms with van der Waals surface area (Å²) in [5, 5.41) is 12.6. The number of carboxylic acids is 1. The Labute approximate surface area is 231 Å². The van der Waals surface area contributed by atoms with Crippen molar-refractivity contribution >= 4 is 34.3 Å². The smallest absolute Gasteiger partial charge is 0.341 e. The molecule has 0 spiro atoms. The second kappa shape index (κ2) is 13.0. The van der Waals surface area contributed by atoms with Gasteiger partial charge in [0.2, 0.25) is 11.3 Å². The lowest BCUT2D eigenvalue weighted by atomic mass is 10.1. The first kappa shape index (κ1) is 29.2. The lowest BCUT2D eigenvalue weighted by molar-refractivity contribution is -0.121. The van der Waals surface area contributed by atoms with Crippen molar-refractivity contribution in [2.24, 2.45) is 5.73 Å². The number of anilines is 1. The molecule has 214 valence electrons. The predicted molar refractivity (Wildman–Crippen MR) is 149 cm³/mol. The summed E-state index contributed by atoms with van der Waals surface area (Å²) >= 11 is 0. The number of carbonyl (C=O) groups is 3. The number of carbonyl (C=O) groups excluding carboxylic acids is 2. The molecule has 2 aliphatic heterocycles. The fraction of sp³-hybridized carbons (Fsp3) is 0.448. The number of allylic oxidation sites excluding steroid dienone is 4. The van der Waals surface area contributed by atoms with E-state index in [1.165, 1.54) is 12.3 Å². The van der Waals surface area contributed by atoms with Gasteiger partial charge in [0.05, 0.1) is 11.2 Å². The number of fused-ring (bicyclic) bond motifs is 1.